The first kappa shape index (κ1) is 17.0. The molecule has 0 heterocycles. The minimum absolute atomic E-state index is 0.0922. The quantitative estimate of drug-likeness (QED) is 0.871. The molecular weight excluding hydrogens is 324 g/mol. The molecule has 1 aliphatic carbocycles. The number of ether oxygens (including phenoxy) is 1. The molecule has 1 aliphatic rings. The summed E-state index contributed by atoms with van der Waals surface area (Å²) in [5, 5.41) is 5.08. The first-order valence-corrected chi connectivity index (χ1v) is 9.53. The molecule has 0 fully saturated rings. The first-order chi connectivity index (χ1) is 11.4. The van der Waals surface area contributed by atoms with Crippen LogP contribution in [0, 0.1) is 0 Å². The van der Waals surface area contributed by atoms with Crippen LogP contribution in [0.4, 0.5) is 0 Å². The number of fused-ring (bicyclic) bond motifs is 1. The van der Waals surface area contributed by atoms with E-state index in [1.807, 2.05) is 0 Å². The number of hydrogen-bond donors (Lipinski definition) is 1. The fourth-order valence-electron chi connectivity index (χ4n) is 3.18. The van der Waals surface area contributed by atoms with Gasteiger partial charge in [-0.2, -0.15) is 0 Å². The van der Waals surface area contributed by atoms with Crippen LogP contribution in [0.3, 0.4) is 0 Å². The van der Waals surface area contributed by atoms with E-state index in [4.69, 9.17) is 9.88 Å². The van der Waals surface area contributed by atoms with Gasteiger partial charge in [0.2, 0.25) is 10.0 Å². The molecule has 0 radical (unpaired) electrons. The summed E-state index contributed by atoms with van der Waals surface area (Å²) in [4.78, 5) is 2.40. The molecule has 0 bridgehead atoms. The molecular formula is C18H22N2O3S. The molecule has 3 rings (SSSR count). The van der Waals surface area contributed by atoms with Crippen molar-refractivity contribution in [3.63, 3.8) is 0 Å². The molecule has 128 valence electrons. The average molecular weight is 346 g/mol. The van der Waals surface area contributed by atoms with Gasteiger partial charge < -0.3 is 4.74 Å². The Balaban J connectivity index is 1.53. The van der Waals surface area contributed by atoms with Gasteiger partial charge in [0.15, 0.2) is 0 Å². The highest BCUT2D eigenvalue weighted by molar-refractivity contribution is 7.89. The van der Waals surface area contributed by atoms with Gasteiger partial charge >= 0.3 is 0 Å². The average Bonchev–Trinajstić information content (AvgIpc) is 2.98. The largest absolute Gasteiger partial charge is 0.492 e. The van der Waals surface area contributed by atoms with Gasteiger partial charge in [-0.15, -0.1) is 0 Å². The third-order valence-corrected chi connectivity index (χ3v) is 5.43. The van der Waals surface area contributed by atoms with Gasteiger partial charge in [0.25, 0.3) is 0 Å². The zero-order valence-electron chi connectivity index (χ0n) is 13.7. The maximum absolute atomic E-state index is 11.2. The molecule has 0 unspecified atom stereocenters. The zero-order valence-corrected chi connectivity index (χ0v) is 14.5. The molecule has 6 heteroatoms. The normalized spacial score (nSPS) is 17.0. The van der Waals surface area contributed by atoms with Gasteiger partial charge in [-0.1, -0.05) is 24.3 Å². The van der Waals surface area contributed by atoms with E-state index < -0.39 is 10.0 Å². The van der Waals surface area contributed by atoms with Crippen molar-refractivity contribution >= 4 is 10.0 Å². The zero-order chi connectivity index (χ0) is 17.2. The van der Waals surface area contributed by atoms with E-state index in [2.05, 4.69) is 36.2 Å². The van der Waals surface area contributed by atoms with Crippen LogP contribution in [0.15, 0.2) is 53.4 Å². The van der Waals surface area contributed by atoms with Crippen molar-refractivity contribution < 1.29 is 13.2 Å². The lowest BCUT2D eigenvalue weighted by atomic mass is 10.1. The molecule has 0 saturated carbocycles. The van der Waals surface area contributed by atoms with Crippen molar-refractivity contribution in [3.8, 4) is 5.75 Å². The van der Waals surface area contributed by atoms with Crippen molar-refractivity contribution in [1.82, 2.24) is 4.90 Å². The van der Waals surface area contributed by atoms with Crippen molar-refractivity contribution in [3.05, 3.63) is 59.7 Å². The number of nitrogens with two attached hydrogens (primary N) is 1. The number of sulfonamides is 1. The van der Waals surface area contributed by atoms with Crippen LogP contribution in [0.5, 0.6) is 5.75 Å². The van der Waals surface area contributed by atoms with Crippen molar-refractivity contribution in [1.29, 1.82) is 0 Å². The van der Waals surface area contributed by atoms with Gasteiger partial charge in [-0.25, -0.2) is 13.6 Å². The fraction of sp³-hybridized carbons (Fsp3) is 0.333. The number of primary sulfonamides is 1. The molecule has 1 atom stereocenters. The number of rotatable bonds is 6. The number of hydrogen-bond acceptors (Lipinski definition) is 4. The summed E-state index contributed by atoms with van der Waals surface area (Å²) in [5.41, 5.74) is 2.85. The predicted molar refractivity (Wildman–Crippen MR) is 93.4 cm³/mol. The summed E-state index contributed by atoms with van der Waals surface area (Å²) < 4.78 is 28.2. The Morgan fingerprint density at radius 1 is 1.17 bits per heavy atom. The van der Waals surface area contributed by atoms with E-state index in [0.717, 1.165) is 19.4 Å². The number of aryl methyl sites for hydroxylation is 1. The van der Waals surface area contributed by atoms with Gasteiger partial charge in [0, 0.05) is 12.6 Å². The van der Waals surface area contributed by atoms with E-state index in [0.29, 0.717) is 18.4 Å². The fourth-order valence-corrected chi connectivity index (χ4v) is 3.70. The third kappa shape index (κ3) is 3.77. The maximum Gasteiger partial charge on any atom is 0.238 e. The molecule has 0 aliphatic heterocycles. The summed E-state index contributed by atoms with van der Waals surface area (Å²) in [6.07, 6.45) is 2.26. The Kier molecular flexibility index (Phi) is 4.89. The van der Waals surface area contributed by atoms with Gasteiger partial charge in [-0.3, -0.25) is 4.90 Å². The number of likely N-dealkylation sites (N-methyl/N-ethyl adjacent to an activating group) is 1. The van der Waals surface area contributed by atoms with Crippen LogP contribution in [-0.2, 0) is 16.4 Å². The molecule has 0 aromatic heterocycles. The minimum Gasteiger partial charge on any atom is -0.492 e. The molecule has 2 aromatic rings. The molecule has 5 nitrogen and oxygen atoms in total. The third-order valence-electron chi connectivity index (χ3n) is 4.50. The first-order valence-electron chi connectivity index (χ1n) is 7.99. The smallest absolute Gasteiger partial charge is 0.238 e. The Labute approximate surface area is 143 Å². The van der Waals surface area contributed by atoms with Crippen LogP contribution < -0.4 is 9.88 Å². The second-order valence-corrected chi connectivity index (χ2v) is 7.66. The van der Waals surface area contributed by atoms with Crippen LogP contribution in [0.25, 0.3) is 0 Å². The Morgan fingerprint density at radius 3 is 2.58 bits per heavy atom. The second kappa shape index (κ2) is 6.93. The van der Waals surface area contributed by atoms with Crippen LogP contribution in [0.2, 0.25) is 0 Å². The van der Waals surface area contributed by atoms with E-state index in [1.165, 1.54) is 23.3 Å². The van der Waals surface area contributed by atoms with Crippen LogP contribution in [0.1, 0.15) is 23.6 Å². The van der Waals surface area contributed by atoms with Crippen molar-refractivity contribution in [2.24, 2.45) is 5.14 Å². The van der Waals surface area contributed by atoms with Gasteiger partial charge in [0.1, 0.15) is 12.4 Å². The summed E-state index contributed by atoms with van der Waals surface area (Å²) in [6, 6.07) is 15.2. The standard InChI is InChI=1S/C18H22N2O3S/c1-20(18-11-6-14-4-2-3-5-17(14)18)12-13-23-15-7-9-16(10-8-15)24(19,21)22/h2-5,7-10,18H,6,11-13H2,1H3,(H2,19,21,22)/t18-/m0/s1. The SMILES string of the molecule is CN(CCOc1ccc(S(N)(=O)=O)cc1)[C@H]1CCc2ccccc21. The second-order valence-electron chi connectivity index (χ2n) is 6.10. The van der Waals surface area contributed by atoms with E-state index in [-0.39, 0.29) is 4.90 Å². The number of benzene rings is 2. The summed E-state index contributed by atoms with van der Waals surface area (Å²) >= 11 is 0. The van der Waals surface area contributed by atoms with Gasteiger partial charge in [-0.05, 0) is 55.3 Å². The molecule has 0 saturated heterocycles. The number of nitrogens with zero attached hydrogens (tertiary/aromatic N) is 1. The van der Waals surface area contributed by atoms with E-state index >= 15 is 0 Å². The predicted octanol–water partition coefficient (Wildman–Crippen LogP) is 2.33. The Bertz CT molecular complexity index is 803. The molecule has 2 N–H and O–H groups in total. The molecule has 2 aromatic carbocycles. The van der Waals surface area contributed by atoms with Crippen LogP contribution in [-0.4, -0.2) is 33.5 Å². The Morgan fingerprint density at radius 2 is 1.88 bits per heavy atom. The topological polar surface area (TPSA) is 72.6 Å². The Hall–Kier alpha value is -1.89. The molecule has 0 amide bonds. The van der Waals surface area contributed by atoms with Crippen molar-refractivity contribution in [2.75, 3.05) is 20.2 Å². The lowest BCUT2D eigenvalue weighted by molar-refractivity contribution is 0.191. The minimum atomic E-state index is -3.66. The van der Waals surface area contributed by atoms with Crippen molar-refractivity contribution in [2.45, 2.75) is 23.8 Å². The molecule has 24 heavy (non-hydrogen) atoms. The lowest BCUT2D eigenvalue weighted by Gasteiger charge is -2.25. The maximum atomic E-state index is 11.2. The monoisotopic (exact) mass is 346 g/mol. The highest BCUT2D eigenvalue weighted by atomic mass is 32.2. The van der Waals surface area contributed by atoms with E-state index in [9.17, 15) is 8.42 Å². The summed E-state index contributed by atoms with van der Waals surface area (Å²) in [5.74, 6) is 0.641. The van der Waals surface area contributed by atoms with Crippen LogP contribution >= 0.6 is 0 Å². The molecule has 0 spiro atoms. The van der Waals surface area contributed by atoms with E-state index in [1.54, 1.807) is 12.1 Å². The van der Waals surface area contributed by atoms with Gasteiger partial charge in [0.05, 0.1) is 4.90 Å². The summed E-state index contributed by atoms with van der Waals surface area (Å²) in [7, 11) is -1.55. The summed E-state index contributed by atoms with van der Waals surface area (Å²) in [6.45, 7) is 1.35. The highest BCUT2D eigenvalue weighted by Gasteiger charge is 2.25. The highest BCUT2D eigenvalue weighted by Crippen LogP contribution is 2.34. The lowest BCUT2D eigenvalue weighted by Crippen LogP contribution is -2.27.